The third kappa shape index (κ3) is 7.24. The van der Waals surface area contributed by atoms with Crippen LogP contribution in [0.15, 0.2) is 60.7 Å². The predicted molar refractivity (Wildman–Crippen MR) is 203 cm³/mol. The topological polar surface area (TPSA) is 102 Å². The van der Waals surface area contributed by atoms with Crippen LogP contribution in [0.25, 0.3) is 22.2 Å². The molecule has 50 heavy (non-hydrogen) atoms. The number of carbonyl (C=O) groups is 2. The molecule has 2 fully saturated rings. The second kappa shape index (κ2) is 15.1. The van der Waals surface area contributed by atoms with Gasteiger partial charge in [0.15, 0.2) is 0 Å². The van der Waals surface area contributed by atoms with E-state index in [2.05, 4.69) is 60.0 Å². The second-order valence-corrected chi connectivity index (χ2v) is 15.2. The first-order valence-corrected chi connectivity index (χ1v) is 18.1. The quantitative estimate of drug-likeness (QED) is 0.196. The van der Waals surface area contributed by atoms with Crippen molar-refractivity contribution in [3.8, 4) is 22.8 Å². The van der Waals surface area contributed by atoms with Crippen molar-refractivity contribution >= 4 is 35.5 Å². The summed E-state index contributed by atoms with van der Waals surface area (Å²) in [5, 5.41) is 4.77. The number of ether oxygens (including phenoxy) is 2. The summed E-state index contributed by atoms with van der Waals surface area (Å²) < 4.78 is 15.1. The highest BCUT2D eigenvalue weighted by Gasteiger charge is 2.43. The lowest BCUT2D eigenvalue weighted by molar-refractivity contribution is -0.143. The van der Waals surface area contributed by atoms with Gasteiger partial charge in [0, 0.05) is 54.3 Å². The van der Waals surface area contributed by atoms with E-state index in [9.17, 15) is 9.59 Å². The summed E-state index contributed by atoms with van der Waals surface area (Å²) in [6.45, 7) is 4.56. The number of hydrogen-bond acceptors (Lipinski definition) is 7. The van der Waals surface area contributed by atoms with E-state index >= 15 is 0 Å². The fourth-order valence-corrected chi connectivity index (χ4v) is 8.21. The van der Waals surface area contributed by atoms with Crippen LogP contribution >= 0.6 is 12.8 Å². The number of amides is 2. The standard InChI is InChI=1S/C38H44N4O4.C2H7NS/c1-38(37(44)41-18-17-40-32(22-41)24-9-12-28(45-2)13-10-24)21-27-19-29(46-3)14-16-30(27)35-34(25-7-5-4-6-8-25)31-15-11-26(36(39)43)20-33(31)42(35)23-38;1-3(2)4/h9-16,19-20,25,32,40H,4-8,17-18,21-23H2,1-3H3,(H2,39,43);4H,1-2H3. The normalized spacial score (nSPS) is 20.7. The van der Waals surface area contributed by atoms with Gasteiger partial charge in [0.1, 0.15) is 11.5 Å². The van der Waals surface area contributed by atoms with E-state index in [1.165, 1.54) is 30.5 Å². The van der Waals surface area contributed by atoms with Crippen LogP contribution in [-0.4, -0.2) is 73.5 Å². The molecule has 1 saturated heterocycles. The highest BCUT2D eigenvalue weighted by Crippen LogP contribution is 2.49. The lowest BCUT2D eigenvalue weighted by atomic mass is 9.79. The van der Waals surface area contributed by atoms with E-state index < -0.39 is 11.3 Å². The van der Waals surface area contributed by atoms with E-state index in [-0.39, 0.29) is 11.9 Å². The molecule has 1 aliphatic carbocycles. The van der Waals surface area contributed by atoms with Crippen LogP contribution in [0, 0.1) is 5.41 Å². The van der Waals surface area contributed by atoms with Gasteiger partial charge < -0.3 is 30.0 Å². The lowest BCUT2D eigenvalue weighted by Gasteiger charge is -2.40. The van der Waals surface area contributed by atoms with Gasteiger partial charge >= 0.3 is 0 Å². The highest BCUT2D eigenvalue weighted by atomic mass is 32.1. The molecule has 1 aromatic heterocycles. The van der Waals surface area contributed by atoms with Crippen LogP contribution in [0.1, 0.15) is 78.0 Å². The maximum absolute atomic E-state index is 14.9. The molecule has 0 bridgehead atoms. The van der Waals surface area contributed by atoms with Gasteiger partial charge in [0.2, 0.25) is 11.8 Å². The Kier molecular flexibility index (Phi) is 10.8. The number of piperazine rings is 1. The summed E-state index contributed by atoms with van der Waals surface area (Å²) in [4.78, 5) is 29.3. The molecule has 2 atom stereocenters. The molecular weight excluding hydrogens is 647 g/mol. The third-order valence-corrected chi connectivity index (χ3v) is 10.6. The van der Waals surface area contributed by atoms with Crippen LogP contribution in [0.4, 0.5) is 0 Å². The Morgan fingerprint density at radius 1 is 0.960 bits per heavy atom. The molecule has 3 heterocycles. The van der Waals surface area contributed by atoms with Gasteiger partial charge in [0.05, 0.1) is 25.3 Å². The maximum Gasteiger partial charge on any atom is 0.248 e. The fourth-order valence-electron chi connectivity index (χ4n) is 8.21. The molecular formula is C40H51N5O4S. The van der Waals surface area contributed by atoms with Crippen LogP contribution in [0.5, 0.6) is 11.5 Å². The summed E-state index contributed by atoms with van der Waals surface area (Å²) in [6.07, 6.45) is 6.54. The number of hydrogen-bond donors (Lipinski definition) is 3. The Bertz CT molecular complexity index is 1850. The van der Waals surface area contributed by atoms with Crippen molar-refractivity contribution in [3.63, 3.8) is 0 Å². The number of nitrogens with one attached hydrogen (secondary N) is 1. The molecule has 0 spiro atoms. The minimum atomic E-state index is -0.743. The largest absolute Gasteiger partial charge is 0.497 e. The Hall–Kier alpha value is -3.99. The number of carbonyl (C=O) groups excluding carboxylic acids is 2. The lowest BCUT2D eigenvalue weighted by Crippen LogP contribution is -2.53. The Labute approximate surface area is 301 Å². The van der Waals surface area contributed by atoms with Crippen LogP contribution in [-0.2, 0) is 17.8 Å². The molecule has 10 heteroatoms. The zero-order chi connectivity index (χ0) is 35.6. The first kappa shape index (κ1) is 35.8. The van der Waals surface area contributed by atoms with Crippen molar-refractivity contribution in [1.82, 2.24) is 19.1 Å². The monoisotopic (exact) mass is 697 g/mol. The SMILES string of the molecule is CN(C)S.COc1ccc(C2CN(C(=O)C3(C)Cc4cc(OC)ccc4-c4c(C5CCCCC5)c5ccc(C(N)=O)cc5n4C3)CCN2)cc1. The molecule has 2 unspecified atom stereocenters. The van der Waals surface area contributed by atoms with Gasteiger partial charge in [-0.1, -0.05) is 50.3 Å². The van der Waals surface area contributed by atoms with Gasteiger partial charge in [-0.3, -0.25) is 13.9 Å². The number of benzene rings is 3. The number of primary amides is 1. The number of nitrogens with two attached hydrogens (primary N) is 1. The fraction of sp³-hybridized carbons (Fsp3) is 0.450. The Balaban J connectivity index is 0.00000103. The number of fused-ring (bicyclic) bond motifs is 5. The van der Waals surface area contributed by atoms with Crippen molar-refractivity contribution in [1.29, 1.82) is 0 Å². The number of rotatable bonds is 6. The van der Waals surface area contributed by atoms with E-state index in [1.807, 2.05) is 49.3 Å². The predicted octanol–water partition coefficient (Wildman–Crippen LogP) is 6.60. The smallest absolute Gasteiger partial charge is 0.248 e. The number of aromatic nitrogens is 1. The zero-order valence-electron chi connectivity index (χ0n) is 30.0. The molecule has 266 valence electrons. The van der Waals surface area contributed by atoms with Gasteiger partial charge in [-0.25, -0.2) is 0 Å². The molecule has 3 N–H and O–H groups in total. The molecule has 7 rings (SSSR count). The molecule has 2 amide bonds. The number of nitrogens with zero attached hydrogens (tertiary/aromatic N) is 3. The van der Waals surface area contributed by atoms with Gasteiger partial charge in [-0.15, -0.1) is 0 Å². The third-order valence-electron chi connectivity index (χ3n) is 10.6. The van der Waals surface area contributed by atoms with Crippen molar-refractivity contribution in [2.24, 2.45) is 11.1 Å². The van der Waals surface area contributed by atoms with E-state index in [0.717, 1.165) is 51.9 Å². The second-order valence-electron chi connectivity index (χ2n) is 14.4. The van der Waals surface area contributed by atoms with Crippen molar-refractivity contribution in [2.75, 3.05) is 47.9 Å². The van der Waals surface area contributed by atoms with E-state index in [0.29, 0.717) is 44.1 Å². The summed E-state index contributed by atoms with van der Waals surface area (Å²) in [5.74, 6) is 1.71. The minimum absolute atomic E-state index is 0.0318. The molecule has 9 nitrogen and oxygen atoms in total. The molecule has 3 aromatic carbocycles. The van der Waals surface area contributed by atoms with Crippen molar-refractivity contribution in [2.45, 2.75) is 64.0 Å². The zero-order valence-corrected chi connectivity index (χ0v) is 30.9. The average Bonchev–Trinajstić information content (AvgIpc) is 3.36. The van der Waals surface area contributed by atoms with Gasteiger partial charge in [0.25, 0.3) is 0 Å². The summed E-state index contributed by atoms with van der Waals surface area (Å²) >= 11 is 3.80. The van der Waals surface area contributed by atoms with Crippen LogP contribution in [0.3, 0.4) is 0 Å². The summed E-state index contributed by atoms with van der Waals surface area (Å²) in [6, 6.07) is 20.3. The molecule has 3 aliphatic rings. The first-order valence-electron chi connectivity index (χ1n) is 17.7. The number of methoxy groups -OCH3 is 2. The maximum atomic E-state index is 14.9. The van der Waals surface area contributed by atoms with Gasteiger partial charge in [-0.2, -0.15) is 0 Å². The molecule has 0 radical (unpaired) electrons. The van der Waals surface area contributed by atoms with E-state index in [4.69, 9.17) is 15.2 Å². The van der Waals surface area contributed by atoms with Crippen molar-refractivity contribution < 1.29 is 19.1 Å². The van der Waals surface area contributed by atoms with E-state index in [1.54, 1.807) is 18.5 Å². The van der Waals surface area contributed by atoms with Gasteiger partial charge in [-0.05, 0) is 105 Å². The molecule has 4 aromatic rings. The molecule has 1 saturated carbocycles. The van der Waals surface area contributed by atoms with Crippen LogP contribution < -0.4 is 20.5 Å². The Morgan fingerprint density at radius 3 is 2.30 bits per heavy atom. The van der Waals surface area contributed by atoms with Crippen molar-refractivity contribution in [3.05, 3.63) is 82.9 Å². The average molecular weight is 698 g/mol. The Morgan fingerprint density at radius 2 is 1.64 bits per heavy atom. The summed E-state index contributed by atoms with van der Waals surface area (Å²) in [5.41, 5.74) is 12.4. The minimum Gasteiger partial charge on any atom is -0.497 e. The first-order chi connectivity index (χ1) is 24.0. The molecule has 2 aliphatic heterocycles. The summed E-state index contributed by atoms with van der Waals surface area (Å²) in [7, 11) is 7.09. The number of thiol groups is 1. The highest BCUT2D eigenvalue weighted by molar-refractivity contribution is 7.77. The van der Waals surface area contributed by atoms with Crippen LogP contribution in [0.2, 0.25) is 0 Å².